The molecule has 2 rings (SSSR count). The first-order valence-corrected chi connectivity index (χ1v) is 6.22. The van der Waals surface area contributed by atoms with Gasteiger partial charge >= 0.3 is 5.97 Å². The lowest BCUT2D eigenvalue weighted by atomic mass is 10.1. The molecule has 0 unspecified atom stereocenters. The molecule has 0 radical (unpaired) electrons. The number of hydrogen-bond acceptors (Lipinski definition) is 4. The van der Waals surface area contributed by atoms with Crippen molar-refractivity contribution in [3.8, 4) is 11.5 Å². The third-order valence-electron chi connectivity index (χ3n) is 2.70. The van der Waals surface area contributed by atoms with Crippen LogP contribution in [-0.2, 0) is 16.0 Å². The van der Waals surface area contributed by atoms with Crippen LogP contribution in [-0.4, -0.2) is 36.7 Å². The average Bonchev–Trinajstić information content (AvgIpc) is 2.45. The maximum absolute atomic E-state index is 11.3. The molecule has 0 spiro atoms. The smallest absolute Gasteiger partial charge is 0.328 e. The first-order valence-electron chi connectivity index (χ1n) is 6.22. The van der Waals surface area contributed by atoms with Crippen LogP contribution in [0.15, 0.2) is 30.4 Å². The zero-order chi connectivity index (χ0) is 14.4. The Bertz CT molecular complexity index is 538. The molecule has 1 aliphatic rings. The molecule has 6 heteroatoms. The normalized spacial score (nSPS) is 13.2. The van der Waals surface area contributed by atoms with Crippen LogP contribution in [0.3, 0.4) is 0 Å². The Morgan fingerprint density at radius 3 is 2.70 bits per heavy atom. The van der Waals surface area contributed by atoms with Gasteiger partial charge in [0.2, 0.25) is 5.91 Å². The Kier molecular flexibility index (Phi) is 4.60. The van der Waals surface area contributed by atoms with Crippen LogP contribution >= 0.6 is 0 Å². The van der Waals surface area contributed by atoms with E-state index in [1.807, 2.05) is 18.2 Å². The number of rotatable bonds is 5. The van der Waals surface area contributed by atoms with E-state index in [0.29, 0.717) is 31.9 Å². The van der Waals surface area contributed by atoms with Crippen molar-refractivity contribution in [2.75, 3.05) is 19.8 Å². The predicted molar refractivity (Wildman–Crippen MR) is 70.9 cm³/mol. The zero-order valence-corrected chi connectivity index (χ0v) is 10.8. The van der Waals surface area contributed by atoms with Gasteiger partial charge in [0.15, 0.2) is 11.5 Å². The van der Waals surface area contributed by atoms with Crippen LogP contribution < -0.4 is 14.8 Å². The summed E-state index contributed by atoms with van der Waals surface area (Å²) in [4.78, 5) is 21.5. The SMILES string of the molecule is O=C(O)/C=C/C(=O)NCCc1ccc2c(c1)OCCO2. The van der Waals surface area contributed by atoms with Crippen molar-refractivity contribution in [1.82, 2.24) is 5.32 Å². The predicted octanol–water partition coefficient (Wildman–Crippen LogP) is 0.757. The number of nitrogens with one attached hydrogen (secondary N) is 1. The highest BCUT2D eigenvalue weighted by Gasteiger charge is 2.11. The summed E-state index contributed by atoms with van der Waals surface area (Å²) in [6.07, 6.45) is 2.43. The lowest BCUT2D eigenvalue weighted by Crippen LogP contribution is -2.24. The third-order valence-corrected chi connectivity index (χ3v) is 2.70. The lowest BCUT2D eigenvalue weighted by molar-refractivity contribution is -0.131. The highest BCUT2D eigenvalue weighted by atomic mass is 16.6. The van der Waals surface area contributed by atoms with E-state index in [1.165, 1.54) is 0 Å². The summed E-state index contributed by atoms with van der Waals surface area (Å²) in [6, 6.07) is 5.64. The molecule has 0 saturated heterocycles. The number of carboxylic acid groups (broad SMARTS) is 1. The molecule has 6 nitrogen and oxygen atoms in total. The summed E-state index contributed by atoms with van der Waals surface area (Å²) in [5, 5.41) is 11.0. The maximum atomic E-state index is 11.3. The standard InChI is InChI=1S/C14H15NO5/c16-13(3-4-14(17)18)15-6-5-10-1-2-11-12(9-10)20-8-7-19-11/h1-4,9H,5-8H2,(H,15,16)(H,17,18)/b4-3+. The topological polar surface area (TPSA) is 84.9 Å². The largest absolute Gasteiger partial charge is 0.486 e. The van der Waals surface area contributed by atoms with Gasteiger partial charge in [0.25, 0.3) is 0 Å². The fourth-order valence-electron chi connectivity index (χ4n) is 1.78. The molecule has 0 aromatic heterocycles. The van der Waals surface area contributed by atoms with Crippen LogP contribution in [0, 0.1) is 0 Å². The summed E-state index contributed by atoms with van der Waals surface area (Å²) in [6.45, 7) is 1.51. The van der Waals surface area contributed by atoms with E-state index < -0.39 is 11.9 Å². The molecule has 2 N–H and O–H groups in total. The maximum Gasteiger partial charge on any atom is 0.328 e. The second-order valence-electron chi connectivity index (χ2n) is 4.19. The fraction of sp³-hybridized carbons (Fsp3) is 0.286. The van der Waals surface area contributed by atoms with Gasteiger partial charge in [-0.1, -0.05) is 6.07 Å². The van der Waals surface area contributed by atoms with Gasteiger partial charge in [0, 0.05) is 18.7 Å². The molecule has 1 aromatic rings. The molecule has 1 aromatic carbocycles. The highest BCUT2D eigenvalue weighted by Crippen LogP contribution is 2.30. The van der Waals surface area contributed by atoms with Crippen molar-refractivity contribution >= 4 is 11.9 Å². The monoisotopic (exact) mass is 277 g/mol. The van der Waals surface area contributed by atoms with E-state index in [0.717, 1.165) is 23.5 Å². The summed E-state index contributed by atoms with van der Waals surface area (Å²) >= 11 is 0. The summed E-state index contributed by atoms with van der Waals surface area (Å²) in [7, 11) is 0. The minimum atomic E-state index is -1.15. The Morgan fingerprint density at radius 1 is 1.20 bits per heavy atom. The van der Waals surface area contributed by atoms with Gasteiger partial charge in [-0.3, -0.25) is 4.79 Å². The van der Waals surface area contributed by atoms with Crippen molar-refractivity contribution in [2.24, 2.45) is 0 Å². The van der Waals surface area contributed by atoms with Crippen LogP contribution in [0.4, 0.5) is 0 Å². The Hall–Kier alpha value is -2.50. The van der Waals surface area contributed by atoms with Crippen molar-refractivity contribution in [2.45, 2.75) is 6.42 Å². The number of aliphatic carboxylic acids is 1. The number of ether oxygens (including phenoxy) is 2. The van der Waals surface area contributed by atoms with Crippen molar-refractivity contribution in [3.63, 3.8) is 0 Å². The van der Waals surface area contributed by atoms with E-state index >= 15 is 0 Å². The number of carbonyl (C=O) groups is 2. The van der Waals surface area contributed by atoms with Gasteiger partial charge < -0.3 is 19.9 Å². The van der Waals surface area contributed by atoms with E-state index in [1.54, 1.807) is 0 Å². The second-order valence-corrected chi connectivity index (χ2v) is 4.19. The molecule has 106 valence electrons. The van der Waals surface area contributed by atoms with Crippen molar-refractivity contribution < 1.29 is 24.2 Å². The van der Waals surface area contributed by atoms with Gasteiger partial charge in [0.05, 0.1) is 0 Å². The summed E-state index contributed by atoms with van der Waals surface area (Å²) in [5.74, 6) is -0.129. The molecule has 0 aliphatic carbocycles. The lowest BCUT2D eigenvalue weighted by Gasteiger charge is -2.18. The number of carbonyl (C=O) groups excluding carboxylic acids is 1. The molecule has 1 aliphatic heterocycles. The van der Waals surface area contributed by atoms with Crippen LogP contribution in [0.25, 0.3) is 0 Å². The van der Waals surface area contributed by atoms with Gasteiger partial charge in [-0.2, -0.15) is 0 Å². The highest BCUT2D eigenvalue weighted by molar-refractivity contribution is 5.93. The molecule has 0 bridgehead atoms. The molecule has 0 saturated carbocycles. The first-order chi connectivity index (χ1) is 9.65. The van der Waals surface area contributed by atoms with E-state index in [9.17, 15) is 9.59 Å². The second kappa shape index (κ2) is 6.60. The van der Waals surface area contributed by atoms with Crippen LogP contribution in [0.1, 0.15) is 5.56 Å². The quantitative estimate of drug-likeness (QED) is 0.776. The van der Waals surface area contributed by atoms with Crippen LogP contribution in [0.2, 0.25) is 0 Å². The van der Waals surface area contributed by atoms with Gasteiger partial charge in [-0.15, -0.1) is 0 Å². The van der Waals surface area contributed by atoms with Gasteiger partial charge in [-0.05, 0) is 24.1 Å². The van der Waals surface area contributed by atoms with Crippen LogP contribution in [0.5, 0.6) is 11.5 Å². The Balaban J connectivity index is 1.82. The molecular weight excluding hydrogens is 262 g/mol. The molecule has 1 amide bonds. The van der Waals surface area contributed by atoms with E-state index in [2.05, 4.69) is 5.32 Å². The Morgan fingerprint density at radius 2 is 1.95 bits per heavy atom. The summed E-state index contributed by atoms with van der Waals surface area (Å²) in [5.41, 5.74) is 1.01. The van der Waals surface area contributed by atoms with Crippen molar-refractivity contribution in [1.29, 1.82) is 0 Å². The molecular formula is C14H15NO5. The van der Waals surface area contributed by atoms with Gasteiger partial charge in [0.1, 0.15) is 13.2 Å². The molecule has 1 heterocycles. The molecule has 0 atom stereocenters. The first kappa shape index (κ1) is 13.9. The number of amides is 1. The third kappa shape index (κ3) is 4.01. The fourth-order valence-corrected chi connectivity index (χ4v) is 1.78. The number of carboxylic acids is 1. The Labute approximate surface area is 116 Å². The van der Waals surface area contributed by atoms with Gasteiger partial charge in [-0.25, -0.2) is 4.79 Å². The number of benzene rings is 1. The summed E-state index contributed by atoms with van der Waals surface area (Å²) < 4.78 is 10.9. The molecule has 0 fully saturated rings. The minimum Gasteiger partial charge on any atom is -0.486 e. The van der Waals surface area contributed by atoms with E-state index in [-0.39, 0.29) is 0 Å². The molecule has 20 heavy (non-hydrogen) atoms. The number of fused-ring (bicyclic) bond motifs is 1. The minimum absolute atomic E-state index is 0.419. The van der Waals surface area contributed by atoms with Crippen molar-refractivity contribution in [3.05, 3.63) is 35.9 Å². The average molecular weight is 277 g/mol. The zero-order valence-electron chi connectivity index (χ0n) is 10.8. The van der Waals surface area contributed by atoms with E-state index in [4.69, 9.17) is 14.6 Å². The number of hydrogen-bond donors (Lipinski definition) is 2.